The Kier molecular flexibility index (Phi) is 5.76. The third-order valence-electron chi connectivity index (χ3n) is 2.94. The first-order chi connectivity index (χ1) is 11.0. The average Bonchev–Trinajstić information content (AvgIpc) is 2.55. The Hall–Kier alpha value is -2.34. The van der Waals surface area contributed by atoms with Crippen LogP contribution in [0.3, 0.4) is 0 Å². The highest BCUT2D eigenvalue weighted by Crippen LogP contribution is 2.25. The van der Waals surface area contributed by atoms with Gasteiger partial charge >= 0.3 is 5.97 Å². The fraction of sp³-hybridized carbons (Fsp3) is 0.118. The molecule has 0 aliphatic carbocycles. The molecule has 0 unspecified atom stereocenters. The lowest BCUT2D eigenvalue weighted by Gasteiger charge is -2.07. The highest BCUT2D eigenvalue weighted by Gasteiger charge is 2.08. The van der Waals surface area contributed by atoms with Gasteiger partial charge in [0.15, 0.2) is 11.6 Å². The molecule has 0 saturated carbocycles. The molecule has 2 aromatic rings. The third-order valence-corrected chi connectivity index (χ3v) is 3.43. The summed E-state index contributed by atoms with van der Waals surface area (Å²) in [6.45, 7) is 0. The van der Waals surface area contributed by atoms with Crippen LogP contribution in [0.15, 0.2) is 46.9 Å². The Morgan fingerprint density at radius 1 is 1.09 bits per heavy atom. The van der Waals surface area contributed by atoms with Gasteiger partial charge in [-0.3, -0.25) is 0 Å². The number of ether oxygens (including phenoxy) is 3. The monoisotopic (exact) mass is 380 g/mol. The van der Waals surface area contributed by atoms with Gasteiger partial charge in [-0.05, 0) is 42.5 Å². The molecule has 2 aromatic carbocycles. The Morgan fingerprint density at radius 3 is 2.48 bits per heavy atom. The number of esters is 1. The van der Waals surface area contributed by atoms with Gasteiger partial charge in [0.25, 0.3) is 0 Å². The molecule has 0 atom stereocenters. The Morgan fingerprint density at radius 2 is 1.83 bits per heavy atom. The highest BCUT2D eigenvalue weighted by atomic mass is 79.9. The molecule has 23 heavy (non-hydrogen) atoms. The van der Waals surface area contributed by atoms with E-state index in [-0.39, 0.29) is 5.75 Å². The van der Waals surface area contributed by atoms with E-state index in [0.29, 0.717) is 21.5 Å². The third kappa shape index (κ3) is 4.56. The molecule has 0 amide bonds. The maximum absolute atomic E-state index is 13.6. The van der Waals surface area contributed by atoms with E-state index in [0.717, 1.165) is 0 Å². The van der Waals surface area contributed by atoms with Crippen molar-refractivity contribution in [2.45, 2.75) is 0 Å². The van der Waals surface area contributed by atoms with Crippen LogP contribution in [0, 0.1) is 5.82 Å². The summed E-state index contributed by atoms with van der Waals surface area (Å²) < 4.78 is 29.5. The SMILES string of the molecule is COc1ccc(OC)c(/C=C/C(=O)Oc2ccc(Br)cc2F)c1. The molecule has 120 valence electrons. The van der Waals surface area contributed by atoms with E-state index in [9.17, 15) is 9.18 Å². The summed E-state index contributed by atoms with van der Waals surface area (Å²) in [4.78, 5) is 11.8. The standard InChI is InChI=1S/C17H14BrFO4/c1-21-13-5-7-15(22-2)11(9-13)3-8-17(20)23-16-6-4-12(18)10-14(16)19/h3-10H,1-2H3/b8-3+. The number of benzene rings is 2. The Bertz CT molecular complexity index is 743. The topological polar surface area (TPSA) is 44.8 Å². The molecule has 0 radical (unpaired) electrons. The van der Waals surface area contributed by atoms with E-state index < -0.39 is 11.8 Å². The van der Waals surface area contributed by atoms with Gasteiger partial charge in [0.1, 0.15) is 11.5 Å². The van der Waals surface area contributed by atoms with Gasteiger partial charge in [-0.15, -0.1) is 0 Å². The molecular formula is C17H14BrFO4. The first-order valence-electron chi connectivity index (χ1n) is 6.60. The van der Waals surface area contributed by atoms with Gasteiger partial charge < -0.3 is 14.2 Å². The van der Waals surface area contributed by atoms with Gasteiger partial charge in [-0.2, -0.15) is 0 Å². The van der Waals surface area contributed by atoms with E-state index in [2.05, 4.69) is 15.9 Å². The zero-order chi connectivity index (χ0) is 16.8. The number of halogens is 2. The second-order valence-electron chi connectivity index (χ2n) is 4.44. The fourth-order valence-corrected chi connectivity index (χ4v) is 2.16. The van der Waals surface area contributed by atoms with E-state index in [1.807, 2.05) is 0 Å². The summed E-state index contributed by atoms with van der Waals surface area (Å²) in [5.41, 5.74) is 0.639. The molecule has 2 rings (SSSR count). The number of hydrogen-bond acceptors (Lipinski definition) is 4. The molecule has 0 spiro atoms. The van der Waals surface area contributed by atoms with Crippen LogP contribution in [-0.2, 0) is 4.79 Å². The Labute approximate surface area is 141 Å². The van der Waals surface area contributed by atoms with Gasteiger partial charge in [-0.1, -0.05) is 15.9 Å². The lowest BCUT2D eigenvalue weighted by molar-refractivity contribution is -0.129. The van der Waals surface area contributed by atoms with Gasteiger partial charge in [0.05, 0.1) is 14.2 Å². The number of methoxy groups -OCH3 is 2. The first kappa shape index (κ1) is 17.0. The van der Waals surface area contributed by atoms with Crippen molar-refractivity contribution in [2.24, 2.45) is 0 Å². The van der Waals surface area contributed by atoms with Crippen LogP contribution in [0.1, 0.15) is 5.56 Å². The molecular weight excluding hydrogens is 367 g/mol. The maximum atomic E-state index is 13.6. The zero-order valence-corrected chi connectivity index (χ0v) is 14.1. The number of carbonyl (C=O) groups excluding carboxylic acids is 1. The van der Waals surface area contributed by atoms with Gasteiger partial charge in [0.2, 0.25) is 0 Å². The van der Waals surface area contributed by atoms with Crippen molar-refractivity contribution in [3.8, 4) is 17.2 Å². The molecule has 0 fully saturated rings. The summed E-state index contributed by atoms with van der Waals surface area (Å²) in [5, 5.41) is 0. The summed E-state index contributed by atoms with van der Waals surface area (Å²) >= 11 is 3.13. The molecule has 0 N–H and O–H groups in total. The second-order valence-corrected chi connectivity index (χ2v) is 5.35. The largest absolute Gasteiger partial charge is 0.497 e. The van der Waals surface area contributed by atoms with Crippen LogP contribution in [-0.4, -0.2) is 20.2 Å². The number of rotatable bonds is 5. The van der Waals surface area contributed by atoms with Gasteiger partial charge in [0, 0.05) is 16.1 Å². The van der Waals surface area contributed by atoms with Crippen molar-refractivity contribution < 1.29 is 23.4 Å². The van der Waals surface area contributed by atoms with E-state index in [4.69, 9.17) is 14.2 Å². The van der Waals surface area contributed by atoms with Crippen molar-refractivity contribution in [3.05, 3.63) is 58.3 Å². The predicted molar refractivity (Wildman–Crippen MR) is 88.3 cm³/mol. The summed E-state index contributed by atoms with van der Waals surface area (Å²) in [7, 11) is 3.06. The number of carbonyl (C=O) groups is 1. The molecule has 0 aliphatic rings. The Balaban J connectivity index is 2.14. The van der Waals surface area contributed by atoms with Crippen molar-refractivity contribution in [2.75, 3.05) is 14.2 Å². The predicted octanol–water partition coefficient (Wildman–Crippen LogP) is 4.22. The average molecular weight is 381 g/mol. The van der Waals surface area contributed by atoms with Crippen LogP contribution >= 0.6 is 15.9 Å². The molecule has 4 nitrogen and oxygen atoms in total. The van der Waals surface area contributed by atoms with E-state index in [1.165, 1.54) is 31.4 Å². The van der Waals surface area contributed by atoms with Crippen LogP contribution < -0.4 is 14.2 Å². The lowest BCUT2D eigenvalue weighted by Crippen LogP contribution is -2.05. The maximum Gasteiger partial charge on any atom is 0.336 e. The minimum absolute atomic E-state index is 0.138. The molecule has 0 bridgehead atoms. The number of hydrogen-bond donors (Lipinski definition) is 0. The summed E-state index contributed by atoms with van der Waals surface area (Å²) in [6.07, 6.45) is 2.71. The zero-order valence-electron chi connectivity index (χ0n) is 12.5. The smallest absolute Gasteiger partial charge is 0.336 e. The van der Waals surface area contributed by atoms with Crippen molar-refractivity contribution in [1.82, 2.24) is 0 Å². The quantitative estimate of drug-likeness (QED) is 0.442. The van der Waals surface area contributed by atoms with Gasteiger partial charge in [-0.25, -0.2) is 9.18 Å². The second kappa shape index (κ2) is 7.78. The molecule has 0 heterocycles. The summed E-state index contributed by atoms with van der Waals surface area (Å²) in [6, 6.07) is 9.35. The summed E-state index contributed by atoms with van der Waals surface area (Å²) in [5.74, 6) is -0.265. The lowest BCUT2D eigenvalue weighted by atomic mass is 10.1. The van der Waals surface area contributed by atoms with Crippen molar-refractivity contribution in [3.63, 3.8) is 0 Å². The minimum atomic E-state index is -0.698. The normalized spacial score (nSPS) is 10.6. The molecule has 0 saturated heterocycles. The molecule has 0 aromatic heterocycles. The highest BCUT2D eigenvalue weighted by molar-refractivity contribution is 9.10. The van der Waals surface area contributed by atoms with Crippen molar-refractivity contribution >= 4 is 28.0 Å². The van der Waals surface area contributed by atoms with Crippen LogP contribution in [0.2, 0.25) is 0 Å². The first-order valence-corrected chi connectivity index (χ1v) is 7.39. The van der Waals surface area contributed by atoms with Crippen LogP contribution in [0.4, 0.5) is 4.39 Å². The molecule has 6 heteroatoms. The minimum Gasteiger partial charge on any atom is -0.497 e. The van der Waals surface area contributed by atoms with Crippen LogP contribution in [0.25, 0.3) is 6.08 Å². The molecule has 0 aliphatic heterocycles. The van der Waals surface area contributed by atoms with E-state index >= 15 is 0 Å². The van der Waals surface area contributed by atoms with Crippen LogP contribution in [0.5, 0.6) is 17.2 Å². The van der Waals surface area contributed by atoms with Crippen molar-refractivity contribution in [1.29, 1.82) is 0 Å². The fourth-order valence-electron chi connectivity index (χ4n) is 1.83. The van der Waals surface area contributed by atoms with E-state index in [1.54, 1.807) is 31.4 Å².